The highest BCUT2D eigenvalue weighted by Crippen LogP contribution is 2.27. The maximum atomic E-state index is 11.9. The van der Waals surface area contributed by atoms with E-state index in [1.165, 1.54) is 36.4 Å². The highest BCUT2D eigenvalue weighted by Gasteiger charge is 2.16. The summed E-state index contributed by atoms with van der Waals surface area (Å²) in [5, 5.41) is 13.5. The molecule has 8 nitrogen and oxygen atoms in total. The van der Waals surface area contributed by atoms with Gasteiger partial charge in [-0.1, -0.05) is 6.07 Å². The number of anilines is 1. The zero-order chi connectivity index (χ0) is 17.7. The van der Waals surface area contributed by atoms with Gasteiger partial charge in [-0.15, -0.1) is 0 Å². The van der Waals surface area contributed by atoms with Gasteiger partial charge in [0.1, 0.15) is 0 Å². The van der Waals surface area contributed by atoms with Crippen LogP contribution in [-0.4, -0.2) is 23.3 Å². The van der Waals surface area contributed by atoms with Gasteiger partial charge in [-0.2, -0.15) is 0 Å². The molecule has 0 bridgehead atoms. The van der Waals surface area contributed by atoms with Gasteiger partial charge in [0.15, 0.2) is 12.4 Å². The van der Waals surface area contributed by atoms with E-state index in [1.807, 2.05) is 0 Å². The summed E-state index contributed by atoms with van der Waals surface area (Å²) in [4.78, 5) is 33.2. The zero-order valence-electron chi connectivity index (χ0n) is 12.8. The second-order valence-corrected chi connectivity index (χ2v) is 5.01. The smallest absolute Gasteiger partial charge is 0.310 e. The first-order valence-corrected chi connectivity index (χ1v) is 6.94. The number of hydrogen-bond donors (Lipinski definition) is 2. The Morgan fingerprint density at radius 2 is 1.88 bits per heavy atom. The summed E-state index contributed by atoms with van der Waals surface area (Å²) in [5.74, 6) is -1.03. The van der Waals surface area contributed by atoms with Crippen molar-refractivity contribution < 1.29 is 19.2 Å². The molecule has 0 saturated carbocycles. The fraction of sp³-hybridized carbons (Fsp3) is 0.125. The number of nitrogens with one attached hydrogen (secondary N) is 1. The second-order valence-electron chi connectivity index (χ2n) is 5.01. The van der Waals surface area contributed by atoms with Gasteiger partial charge in [-0.3, -0.25) is 19.7 Å². The molecule has 2 aromatic carbocycles. The van der Waals surface area contributed by atoms with Crippen molar-refractivity contribution in [3.05, 3.63) is 63.7 Å². The van der Waals surface area contributed by atoms with Gasteiger partial charge in [-0.05, 0) is 42.8 Å². The molecule has 0 radical (unpaired) electrons. The normalized spacial score (nSPS) is 10.0. The lowest BCUT2D eigenvalue weighted by molar-refractivity contribution is -0.385. The molecular weight excluding hydrogens is 314 g/mol. The molecule has 2 aromatic rings. The largest absolute Gasteiger partial charge is 0.477 e. The zero-order valence-corrected chi connectivity index (χ0v) is 12.8. The van der Waals surface area contributed by atoms with Crippen LogP contribution < -0.4 is 15.8 Å². The third-order valence-corrected chi connectivity index (χ3v) is 3.12. The Hall–Kier alpha value is -3.42. The van der Waals surface area contributed by atoms with Crippen LogP contribution in [0.15, 0.2) is 42.5 Å². The molecule has 0 saturated heterocycles. The number of carbonyl (C=O) groups excluding carboxylic acids is 2. The quantitative estimate of drug-likeness (QED) is 0.619. The highest BCUT2D eigenvalue weighted by atomic mass is 16.6. The summed E-state index contributed by atoms with van der Waals surface area (Å²) in [6, 6.07) is 10.4. The number of aryl methyl sites for hydroxylation is 1. The number of ether oxygens (including phenoxy) is 1. The number of nitrogens with zero attached hydrogens (tertiary/aromatic N) is 1. The summed E-state index contributed by atoms with van der Waals surface area (Å²) < 4.78 is 5.25. The van der Waals surface area contributed by atoms with E-state index in [9.17, 15) is 19.7 Å². The van der Waals surface area contributed by atoms with E-state index >= 15 is 0 Å². The van der Waals surface area contributed by atoms with E-state index in [-0.39, 0.29) is 18.0 Å². The Kier molecular flexibility index (Phi) is 5.10. The number of carbonyl (C=O) groups is 2. The first-order valence-electron chi connectivity index (χ1n) is 6.94. The van der Waals surface area contributed by atoms with Crippen LogP contribution in [0.25, 0.3) is 0 Å². The van der Waals surface area contributed by atoms with Crippen molar-refractivity contribution in [2.45, 2.75) is 6.92 Å². The SMILES string of the molecule is Cc1ccc([N+](=O)[O-])c(OCC(=O)Nc2ccc(C(N)=O)cc2)c1. The van der Waals surface area contributed by atoms with Crippen molar-refractivity contribution in [1.29, 1.82) is 0 Å². The van der Waals surface area contributed by atoms with Gasteiger partial charge in [0.2, 0.25) is 5.91 Å². The number of amides is 2. The van der Waals surface area contributed by atoms with Crippen molar-refractivity contribution in [2.24, 2.45) is 5.73 Å². The molecule has 124 valence electrons. The van der Waals surface area contributed by atoms with E-state index in [1.54, 1.807) is 13.0 Å². The fourth-order valence-corrected chi connectivity index (χ4v) is 1.95. The number of primary amides is 1. The topological polar surface area (TPSA) is 125 Å². The summed E-state index contributed by atoms with van der Waals surface area (Å²) in [7, 11) is 0. The second kappa shape index (κ2) is 7.23. The number of nitro benzene ring substituents is 1. The van der Waals surface area contributed by atoms with Gasteiger partial charge in [0.25, 0.3) is 5.91 Å². The molecule has 24 heavy (non-hydrogen) atoms. The molecule has 0 atom stereocenters. The summed E-state index contributed by atoms with van der Waals surface area (Å²) in [5.41, 5.74) is 6.46. The molecule has 2 rings (SSSR count). The monoisotopic (exact) mass is 329 g/mol. The van der Waals surface area contributed by atoms with E-state index in [0.29, 0.717) is 11.3 Å². The van der Waals surface area contributed by atoms with Crippen LogP contribution in [0.5, 0.6) is 5.75 Å². The molecule has 0 fully saturated rings. The van der Waals surface area contributed by atoms with Crippen molar-refractivity contribution >= 4 is 23.2 Å². The molecule has 0 unspecified atom stereocenters. The molecule has 0 aliphatic rings. The fourth-order valence-electron chi connectivity index (χ4n) is 1.95. The predicted molar refractivity (Wildman–Crippen MR) is 86.9 cm³/mol. The van der Waals surface area contributed by atoms with Crippen LogP contribution in [0.2, 0.25) is 0 Å². The lowest BCUT2D eigenvalue weighted by Gasteiger charge is -2.09. The van der Waals surface area contributed by atoms with E-state index in [4.69, 9.17) is 10.5 Å². The molecule has 3 N–H and O–H groups in total. The summed E-state index contributed by atoms with van der Waals surface area (Å²) in [6.45, 7) is 1.37. The van der Waals surface area contributed by atoms with Crippen LogP contribution in [0.3, 0.4) is 0 Å². The molecule has 0 aromatic heterocycles. The molecule has 8 heteroatoms. The summed E-state index contributed by atoms with van der Waals surface area (Å²) in [6.07, 6.45) is 0. The van der Waals surface area contributed by atoms with Gasteiger partial charge < -0.3 is 15.8 Å². The Bertz CT molecular complexity index is 787. The maximum absolute atomic E-state index is 11.9. The van der Waals surface area contributed by atoms with E-state index in [2.05, 4.69) is 5.32 Å². The maximum Gasteiger partial charge on any atom is 0.310 e. The van der Waals surface area contributed by atoms with Crippen LogP contribution in [0.4, 0.5) is 11.4 Å². The van der Waals surface area contributed by atoms with E-state index < -0.39 is 16.7 Å². The van der Waals surface area contributed by atoms with Crippen LogP contribution in [0, 0.1) is 17.0 Å². The molecular formula is C16H15N3O5. The van der Waals surface area contributed by atoms with Crippen LogP contribution >= 0.6 is 0 Å². The third kappa shape index (κ3) is 4.29. The van der Waals surface area contributed by atoms with E-state index in [0.717, 1.165) is 5.56 Å². The third-order valence-electron chi connectivity index (χ3n) is 3.12. The molecule has 0 aliphatic carbocycles. The average molecular weight is 329 g/mol. The minimum atomic E-state index is -0.574. The van der Waals surface area contributed by atoms with Gasteiger partial charge in [0, 0.05) is 17.3 Å². The Morgan fingerprint density at radius 1 is 1.21 bits per heavy atom. The number of rotatable bonds is 6. The van der Waals surface area contributed by atoms with Gasteiger partial charge in [0.05, 0.1) is 4.92 Å². The molecule has 0 heterocycles. The Balaban J connectivity index is 1.99. The molecule has 2 amide bonds. The molecule has 0 spiro atoms. The Labute approximate surface area is 137 Å². The Morgan fingerprint density at radius 3 is 2.46 bits per heavy atom. The van der Waals surface area contributed by atoms with Crippen LogP contribution in [0.1, 0.15) is 15.9 Å². The van der Waals surface area contributed by atoms with Gasteiger partial charge in [-0.25, -0.2) is 0 Å². The lowest BCUT2D eigenvalue weighted by Crippen LogP contribution is -2.20. The number of benzene rings is 2. The predicted octanol–water partition coefficient (Wildman–Crippen LogP) is 2.02. The minimum absolute atomic E-state index is 0.0271. The van der Waals surface area contributed by atoms with Crippen molar-refractivity contribution in [3.63, 3.8) is 0 Å². The summed E-state index contributed by atoms with van der Waals surface area (Å²) >= 11 is 0. The highest BCUT2D eigenvalue weighted by molar-refractivity contribution is 5.95. The minimum Gasteiger partial charge on any atom is -0.477 e. The van der Waals surface area contributed by atoms with Crippen molar-refractivity contribution in [2.75, 3.05) is 11.9 Å². The first kappa shape index (κ1) is 16.9. The number of nitro groups is 1. The standard InChI is InChI=1S/C16H15N3O5/c1-10-2-7-13(19(22)23)14(8-10)24-9-15(20)18-12-5-3-11(4-6-12)16(17)21/h2-8H,9H2,1H3,(H2,17,21)(H,18,20). The van der Waals surface area contributed by atoms with Crippen molar-refractivity contribution in [3.8, 4) is 5.75 Å². The average Bonchev–Trinajstić information content (AvgIpc) is 2.53. The van der Waals surface area contributed by atoms with Crippen LogP contribution in [-0.2, 0) is 4.79 Å². The number of hydrogen-bond acceptors (Lipinski definition) is 5. The lowest BCUT2D eigenvalue weighted by atomic mass is 10.2. The molecule has 0 aliphatic heterocycles. The number of nitrogens with two attached hydrogens (primary N) is 1. The van der Waals surface area contributed by atoms with Crippen molar-refractivity contribution in [1.82, 2.24) is 0 Å². The van der Waals surface area contributed by atoms with Gasteiger partial charge >= 0.3 is 5.69 Å². The first-order chi connectivity index (χ1) is 11.4.